The Morgan fingerprint density at radius 1 is 1.03 bits per heavy atom. The first-order valence-corrected chi connectivity index (χ1v) is 10.4. The highest BCUT2D eigenvalue weighted by Gasteiger charge is 2.23. The van der Waals surface area contributed by atoms with Crippen molar-refractivity contribution in [3.63, 3.8) is 0 Å². The van der Waals surface area contributed by atoms with Crippen molar-refractivity contribution in [3.8, 4) is 0 Å². The molecule has 6 heteroatoms. The van der Waals surface area contributed by atoms with Crippen LogP contribution in [0.25, 0.3) is 0 Å². The van der Waals surface area contributed by atoms with Crippen molar-refractivity contribution < 1.29 is 19.1 Å². The minimum Gasteiger partial charge on any atom is -0.452 e. The highest BCUT2D eigenvalue weighted by molar-refractivity contribution is 6.08. The molecule has 0 spiro atoms. The maximum absolute atomic E-state index is 12.5. The second-order valence-corrected chi connectivity index (χ2v) is 7.88. The maximum Gasteiger partial charge on any atom is 0.340 e. The normalized spacial score (nSPS) is 18.3. The third kappa shape index (κ3) is 5.69. The number of benzene rings is 2. The minimum absolute atomic E-state index is 0.130. The van der Waals surface area contributed by atoms with Crippen LogP contribution >= 0.6 is 0 Å². The summed E-state index contributed by atoms with van der Waals surface area (Å²) in [5.41, 5.74) is 2.01. The van der Waals surface area contributed by atoms with Gasteiger partial charge in [-0.3, -0.25) is 9.59 Å². The summed E-state index contributed by atoms with van der Waals surface area (Å²) in [6, 6.07) is 13.9. The van der Waals surface area contributed by atoms with Crippen molar-refractivity contribution in [2.45, 2.75) is 45.6 Å². The summed E-state index contributed by atoms with van der Waals surface area (Å²) in [6.45, 7) is 3.69. The first-order valence-electron chi connectivity index (χ1n) is 10.4. The molecule has 0 aliphatic heterocycles. The van der Waals surface area contributed by atoms with Crippen molar-refractivity contribution >= 4 is 23.5 Å². The van der Waals surface area contributed by atoms with E-state index in [1.165, 1.54) is 6.42 Å². The number of aryl methyl sites for hydroxylation is 1. The molecule has 2 N–H and O–H groups in total. The second kappa shape index (κ2) is 10.1. The fourth-order valence-corrected chi connectivity index (χ4v) is 3.74. The molecular formula is C24H28N2O4. The van der Waals surface area contributed by atoms with Gasteiger partial charge in [0, 0.05) is 11.6 Å². The summed E-state index contributed by atoms with van der Waals surface area (Å²) in [4.78, 5) is 37.3. The quantitative estimate of drug-likeness (QED) is 0.705. The topological polar surface area (TPSA) is 84.5 Å². The van der Waals surface area contributed by atoms with Crippen molar-refractivity contribution in [1.82, 2.24) is 5.32 Å². The molecule has 2 atom stereocenters. The van der Waals surface area contributed by atoms with Gasteiger partial charge in [0.2, 0.25) is 0 Å². The molecule has 0 heterocycles. The van der Waals surface area contributed by atoms with Crippen LogP contribution in [0.15, 0.2) is 48.5 Å². The zero-order valence-electron chi connectivity index (χ0n) is 17.4. The molecule has 1 aliphatic carbocycles. The number of nitrogens with one attached hydrogen (secondary N) is 2. The number of anilines is 1. The van der Waals surface area contributed by atoms with E-state index >= 15 is 0 Å². The highest BCUT2D eigenvalue weighted by atomic mass is 16.5. The summed E-state index contributed by atoms with van der Waals surface area (Å²) in [5.74, 6) is -0.843. The molecule has 1 saturated carbocycles. The largest absolute Gasteiger partial charge is 0.452 e. The van der Waals surface area contributed by atoms with Crippen LogP contribution in [-0.4, -0.2) is 30.4 Å². The molecule has 1 aliphatic rings. The molecule has 6 nitrogen and oxygen atoms in total. The first kappa shape index (κ1) is 21.6. The van der Waals surface area contributed by atoms with Crippen molar-refractivity contribution in [2.75, 3.05) is 11.9 Å². The van der Waals surface area contributed by atoms with E-state index in [2.05, 4.69) is 17.6 Å². The van der Waals surface area contributed by atoms with E-state index in [0.29, 0.717) is 17.2 Å². The Bertz CT molecular complexity index is 925. The molecule has 1 fully saturated rings. The zero-order chi connectivity index (χ0) is 21.5. The van der Waals surface area contributed by atoms with Crippen molar-refractivity contribution in [1.29, 1.82) is 0 Å². The van der Waals surface area contributed by atoms with E-state index in [1.807, 2.05) is 13.0 Å². The van der Waals surface area contributed by atoms with Crippen LogP contribution in [0, 0.1) is 12.8 Å². The van der Waals surface area contributed by atoms with E-state index in [9.17, 15) is 14.4 Å². The van der Waals surface area contributed by atoms with Gasteiger partial charge in [0.1, 0.15) is 0 Å². The van der Waals surface area contributed by atoms with Gasteiger partial charge in [-0.25, -0.2) is 4.79 Å². The Morgan fingerprint density at radius 2 is 1.80 bits per heavy atom. The van der Waals surface area contributed by atoms with Crippen molar-refractivity contribution in [2.24, 2.45) is 5.92 Å². The van der Waals surface area contributed by atoms with Crippen LogP contribution in [-0.2, 0) is 9.53 Å². The molecule has 3 rings (SSSR count). The lowest BCUT2D eigenvalue weighted by atomic mass is 9.86. The smallest absolute Gasteiger partial charge is 0.340 e. The Kier molecular flexibility index (Phi) is 7.22. The third-order valence-electron chi connectivity index (χ3n) is 5.47. The van der Waals surface area contributed by atoms with E-state index in [4.69, 9.17) is 4.74 Å². The van der Waals surface area contributed by atoms with E-state index < -0.39 is 5.97 Å². The van der Waals surface area contributed by atoms with Crippen LogP contribution in [0.5, 0.6) is 0 Å². The molecule has 30 heavy (non-hydrogen) atoms. The van der Waals surface area contributed by atoms with Crippen molar-refractivity contribution in [3.05, 3.63) is 65.2 Å². The number of esters is 1. The highest BCUT2D eigenvalue weighted by Crippen LogP contribution is 2.23. The number of hydrogen-bond donors (Lipinski definition) is 2. The Hall–Kier alpha value is -3.15. The Morgan fingerprint density at radius 3 is 2.57 bits per heavy atom. The van der Waals surface area contributed by atoms with Gasteiger partial charge in [0.25, 0.3) is 11.8 Å². The van der Waals surface area contributed by atoms with Gasteiger partial charge in [-0.2, -0.15) is 0 Å². The lowest BCUT2D eigenvalue weighted by molar-refractivity contribution is -0.125. The van der Waals surface area contributed by atoms with Crippen LogP contribution in [0.3, 0.4) is 0 Å². The van der Waals surface area contributed by atoms with E-state index in [1.54, 1.807) is 42.5 Å². The summed E-state index contributed by atoms with van der Waals surface area (Å²) < 4.78 is 5.21. The average molecular weight is 408 g/mol. The Balaban J connectivity index is 1.59. The number of amides is 2. The molecule has 0 bridgehead atoms. The third-order valence-corrected chi connectivity index (χ3v) is 5.47. The first-order chi connectivity index (χ1) is 14.4. The van der Waals surface area contributed by atoms with Gasteiger partial charge in [-0.15, -0.1) is 0 Å². The molecule has 0 saturated heterocycles. The van der Waals surface area contributed by atoms with E-state index in [-0.39, 0.29) is 30.0 Å². The molecule has 0 unspecified atom stereocenters. The van der Waals surface area contributed by atoms with E-state index in [0.717, 1.165) is 24.8 Å². The lowest BCUT2D eigenvalue weighted by Crippen LogP contribution is -2.42. The minimum atomic E-state index is -0.651. The fraction of sp³-hybridized carbons (Fsp3) is 0.375. The second-order valence-electron chi connectivity index (χ2n) is 7.88. The number of para-hydroxylation sites is 1. The maximum atomic E-state index is 12.5. The lowest BCUT2D eigenvalue weighted by Gasteiger charge is -2.29. The average Bonchev–Trinajstić information content (AvgIpc) is 2.74. The summed E-state index contributed by atoms with van der Waals surface area (Å²) in [7, 11) is 0. The Labute approximate surface area is 177 Å². The fourth-order valence-electron chi connectivity index (χ4n) is 3.74. The predicted octanol–water partition coefficient (Wildman–Crippen LogP) is 4.10. The summed E-state index contributed by atoms with van der Waals surface area (Å²) >= 11 is 0. The summed E-state index contributed by atoms with van der Waals surface area (Å²) in [6.07, 6.45) is 4.34. The number of rotatable bonds is 6. The van der Waals surface area contributed by atoms with Crippen LogP contribution in [0.1, 0.15) is 58.9 Å². The van der Waals surface area contributed by atoms with Crippen LogP contribution in [0.4, 0.5) is 5.69 Å². The summed E-state index contributed by atoms with van der Waals surface area (Å²) in [5, 5.41) is 5.72. The van der Waals surface area contributed by atoms with Gasteiger partial charge in [0.05, 0.1) is 11.3 Å². The number of carbonyl (C=O) groups is 3. The van der Waals surface area contributed by atoms with Crippen LogP contribution in [0.2, 0.25) is 0 Å². The zero-order valence-corrected chi connectivity index (χ0v) is 17.4. The van der Waals surface area contributed by atoms with Gasteiger partial charge in [0.15, 0.2) is 6.61 Å². The standard InChI is InChI=1S/C24H28N2O4/c1-16-8-7-10-18(14-16)23(28)26-21-13-6-4-11-19(21)24(29)30-15-22(27)25-20-12-5-3-9-17(20)2/h4,6-8,10-11,13-14,17,20H,3,5,9,12,15H2,1-2H3,(H,25,27)(H,26,28)/t17-,20+/m0/s1. The number of hydrogen-bond acceptors (Lipinski definition) is 4. The number of ether oxygens (including phenoxy) is 1. The monoisotopic (exact) mass is 408 g/mol. The van der Waals surface area contributed by atoms with Gasteiger partial charge in [-0.1, -0.05) is 49.6 Å². The number of carbonyl (C=O) groups excluding carboxylic acids is 3. The molecule has 0 radical (unpaired) electrons. The van der Waals surface area contributed by atoms with Gasteiger partial charge in [-0.05, 0) is 49.9 Å². The molecule has 2 aromatic rings. The molecule has 0 aromatic heterocycles. The SMILES string of the molecule is Cc1cccc(C(=O)Nc2ccccc2C(=O)OCC(=O)N[C@@H]2CCCC[C@@H]2C)c1. The molecule has 2 aromatic carbocycles. The molecule has 158 valence electrons. The molecule has 2 amide bonds. The predicted molar refractivity (Wildman–Crippen MR) is 115 cm³/mol. The molecular weight excluding hydrogens is 380 g/mol. The van der Waals surface area contributed by atoms with Gasteiger partial charge >= 0.3 is 5.97 Å². The van der Waals surface area contributed by atoms with Crippen LogP contribution < -0.4 is 10.6 Å². The van der Waals surface area contributed by atoms with Gasteiger partial charge < -0.3 is 15.4 Å².